The van der Waals surface area contributed by atoms with Gasteiger partial charge in [-0.3, -0.25) is 9.69 Å². The van der Waals surface area contributed by atoms with Crippen molar-refractivity contribution in [2.24, 2.45) is 0 Å². The molecule has 0 aliphatic carbocycles. The molecule has 0 atom stereocenters. The van der Waals surface area contributed by atoms with E-state index in [0.717, 1.165) is 50.4 Å². The lowest BCUT2D eigenvalue weighted by Gasteiger charge is -2.36. The lowest BCUT2D eigenvalue weighted by molar-refractivity contribution is 0.144. The second-order valence-electron chi connectivity index (χ2n) is 8.14. The van der Waals surface area contributed by atoms with E-state index < -0.39 is 0 Å². The number of H-pyrrole nitrogens is 1. The summed E-state index contributed by atoms with van der Waals surface area (Å²) in [6.45, 7) is 6.31. The summed E-state index contributed by atoms with van der Waals surface area (Å²) in [5.74, 6) is 1.22. The predicted octanol–water partition coefficient (Wildman–Crippen LogP) is 2.93. The molecule has 0 amide bonds. The Morgan fingerprint density at radius 1 is 0.939 bits per heavy atom. The van der Waals surface area contributed by atoms with Crippen LogP contribution < -0.4 is 25.2 Å². The van der Waals surface area contributed by atoms with E-state index in [9.17, 15) is 4.79 Å². The number of aromatic nitrogens is 1. The van der Waals surface area contributed by atoms with Gasteiger partial charge in [0.25, 0.3) is 5.56 Å². The number of nitrogens with one attached hydrogen (secondary N) is 2. The highest BCUT2D eigenvalue weighted by Gasteiger charge is 2.16. The van der Waals surface area contributed by atoms with Crippen molar-refractivity contribution in [2.75, 3.05) is 70.9 Å². The molecule has 0 saturated carbocycles. The second-order valence-corrected chi connectivity index (χ2v) is 8.14. The SMILES string of the molecule is COCCN1CCN(c2ccc(NCc3cc4cc(OC)c(OC)cc4[nH]c3=O)cc2)CC1. The van der Waals surface area contributed by atoms with Crippen LogP contribution in [0.15, 0.2) is 47.3 Å². The summed E-state index contributed by atoms with van der Waals surface area (Å²) in [5, 5.41) is 4.25. The Kier molecular flexibility index (Phi) is 7.36. The van der Waals surface area contributed by atoms with Crippen molar-refractivity contribution in [3.8, 4) is 11.5 Å². The Morgan fingerprint density at radius 2 is 1.64 bits per heavy atom. The van der Waals surface area contributed by atoms with Gasteiger partial charge in [-0.05, 0) is 36.4 Å². The van der Waals surface area contributed by atoms with Gasteiger partial charge in [0.1, 0.15) is 0 Å². The molecule has 0 bridgehead atoms. The first kappa shape index (κ1) is 22.9. The van der Waals surface area contributed by atoms with Crippen molar-refractivity contribution < 1.29 is 14.2 Å². The number of aromatic amines is 1. The molecule has 2 heterocycles. The zero-order valence-corrected chi connectivity index (χ0v) is 19.5. The second kappa shape index (κ2) is 10.6. The third-order valence-corrected chi connectivity index (χ3v) is 6.12. The van der Waals surface area contributed by atoms with Gasteiger partial charge in [-0.1, -0.05) is 0 Å². The van der Waals surface area contributed by atoms with Crippen LogP contribution in [0.3, 0.4) is 0 Å². The number of benzene rings is 2. The molecule has 0 unspecified atom stereocenters. The van der Waals surface area contributed by atoms with E-state index in [4.69, 9.17) is 14.2 Å². The largest absolute Gasteiger partial charge is 0.493 e. The topological polar surface area (TPSA) is 79.1 Å². The van der Waals surface area contributed by atoms with Crippen LogP contribution >= 0.6 is 0 Å². The van der Waals surface area contributed by atoms with Gasteiger partial charge < -0.3 is 29.4 Å². The first-order valence-corrected chi connectivity index (χ1v) is 11.2. The summed E-state index contributed by atoms with van der Waals surface area (Å²) in [5.41, 5.74) is 3.45. The van der Waals surface area contributed by atoms with Crippen molar-refractivity contribution in [3.05, 3.63) is 58.4 Å². The summed E-state index contributed by atoms with van der Waals surface area (Å²) in [7, 11) is 4.92. The Balaban J connectivity index is 1.39. The summed E-state index contributed by atoms with van der Waals surface area (Å²) in [6.07, 6.45) is 0. The van der Waals surface area contributed by atoms with Crippen molar-refractivity contribution in [2.45, 2.75) is 6.54 Å². The van der Waals surface area contributed by atoms with E-state index in [1.165, 1.54) is 5.69 Å². The van der Waals surface area contributed by atoms with Crippen LogP contribution in [-0.4, -0.2) is 70.5 Å². The van der Waals surface area contributed by atoms with Gasteiger partial charge in [0.15, 0.2) is 11.5 Å². The molecule has 0 radical (unpaired) electrons. The summed E-state index contributed by atoms with van der Waals surface area (Å²) in [6, 6.07) is 13.9. The smallest absolute Gasteiger partial charge is 0.253 e. The average Bonchev–Trinajstić information content (AvgIpc) is 2.86. The number of nitrogens with zero attached hydrogens (tertiary/aromatic N) is 2. The minimum Gasteiger partial charge on any atom is -0.493 e. The van der Waals surface area contributed by atoms with E-state index in [0.29, 0.717) is 29.1 Å². The average molecular weight is 453 g/mol. The first-order valence-electron chi connectivity index (χ1n) is 11.2. The lowest BCUT2D eigenvalue weighted by atomic mass is 10.1. The maximum Gasteiger partial charge on any atom is 0.253 e. The standard InChI is InChI=1S/C25H32N4O4/c1-31-13-12-28-8-10-29(11-9-28)21-6-4-20(5-7-21)26-17-19-14-18-15-23(32-2)24(33-3)16-22(18)27-25(19)30/h4-7,14-16,26H,8-13,17H2,1-3H3,(H,27,30). The molecule has 1 saturated heterocycles. The number of hydrogen-bond acceptors (Lipinski definition) is 7. The number of ether oxygens (including phenoxy) is 3. The van der Waals surface area contributed by atoms with Gasteiger partial charge in [-0.2, -0.15) is 0 Å². The summed E-state index contributed by atoms with van der Waals surface area (Å²) in [4.78, 5) is 20.4. The maximum atomic E-state index is 12.6. The molecule has 1 aliphatic rings. The van der Waals surface area contributed by atoms with Gasteiger partial charge in [0.2, 0.25) is 0 Å². The summed E-state index contributed by atoms with van der Waals surface area (Å²) < 4.78 is 15.9. The van der Waals surface area contributed by atoms with Gasteiger partial charge in [-0.25, -0.2) is 0 Å². The van der Waals surface area contributed by atoms with Crippen molar-refractivity contribution in [1.29, 1.82) is 0 Å². The number of rotatable bonds is 9. The predicted molar refractivity (Wildman–Crippen MR) is 132 cm³/mol. The number of hydrogen-bond donors (Lipinski definition) is 2. The van der Waals surface area contributed by atoms with Gasteiger partial charge >= 0.3 is 0 Å². The number of anilines is 2. The molecule has 0 spiro atoms. The Morgan fingerprint density at radius 3 is 2.30 bits per heavy atom. The third kappa shape index (κ3) is 5.40. The number of methoxy groups -OCH3 is 3. The molecule has 176 valence electrons. The number of piperazine rings is 1. The third-order valence-electron chi connectivity index (χ3n) is 6.12. The monoisotopic (exact) mass is 452 g/mol. The van der Waals surface area contributed by atoms with E-state index in [1.807, 2.05) is 12.1 Å². The fraction of sp³-hybridized carbons (Fsp3) is 0.400. The maximum absolute atomic E-state index is 12.6. The van der Waals surface area contributed by atoms with Gasteiger partial charge in [0, 0.05) is 74.8 Å². The number of pyridine rings is 1. The molecule has 1 fully saturated rings. The zero-order valence-electron chi connectivity index (χ0n) is 19.5. The van der Waals surface area contributed by atoms with Crippen molar-refractivity contribution >= 4 is 22.3 Å². The normalized spacial score (nSPS) is 14.5. The highest BCUT2D eigenvalue weighted by molar-refractivity contribution is 5.83. The van der Waals surface area contributed by atoms with Crippen LogP contribution in [0.2, 0.25) is 0 Å². The molecule has 1 aromatic heterocycles. The Labute approximate surface area is 194 Å². The van der Waals surface area contributed by atoms with Crippen LogP contribution in [0, 0.1) is 0 Å². The van der Waals surface area contributed by atoms with Crippen molar-refractivity contribution in [1.82, 2.24) is 9.88 Å². The van der Waals surface area contributed by atoms with E-state index in [-0.39, 0.29) is 5.56 Å². The van der Waals surface area contributed by atoms with E-state index in [2.05, 4.69) is 44.4 Å². The first-order chi connectivity index (χ1) is 16.1. The molecule has 2 aromatic carbocycles. The summed E-state index contributed by atoms with van der Waals surface area (Å²) >= 11 is 0. The number of fused-ring (bicyclic) bond motifs is 1. The van der Waals surface area contributed by atoms with Crippen LogP contribution in [0.4, 0.5) is 11.4 Å². The fourth-order valence-corrected chi connectivity index (χ4v) is 4.15. The molecule has 2 N–H and O–H groups in total. The van der Waals surface area contributed by atoms with Crippen LogP contribution in [0.5, 0.6) is 11.5 Å². The Bertz CT molecular complexity index is 1120. The van der Waals surface area contributed by atoms with E-state index >= 15 is 0 Å². The molecule has 1 aliphatic heterocycles. The molecular formula is C25H32N4O4. The molecule has 33 heavy (non-hydrogen) atoms. The van der Waals surface area contributed by atoms with Crippen LogP contribution in [0.25, 0.3) is 10.9 Å². The van der Waals surface area contributed by atoms with Gasteiger partial charge in [0.05, 0.1) is 26.3 Å². The lowest BCUT2D eigenvalue weighted by Crippen LogP contribution is -2.47. The van der Waals surface area contributed by atoms with Gasteiger partial charge in [-0.15, -0.1) is 0 Å². The van der Waals surface area contributed by atoms with Crippen LogP contribution in [-0.2, 0) is 11.3 Å². The highest BCUT2D eigenvalue weighted by atomic mass is 16.5. The zero-order chi connectivity index (χ0) is 23.2. The molecule has 3 aromatic rings. The van der Waals surface area contributed by atoms with Crippen molar-refractivity contribution in [3.63, 3.8) is 0 Å². The molecular weight excluding hydrogens is 420 g/mol. The Hall–Kier alpha value is -3.23. The molecule has 8 nitrogen and oxygen atoms in total. The molecule has 8 heteroatoms. The minimum absolute atomic E-state index is 0.120. The highest BCUT2D eigenvalue weighted by Crippen LogP contribution is 2.31. The van der Waals surface area contributed by atoms with Crippen LogP contribution in [0.1, 0.15) is 5.56 Å². The molecule has 4 rings (SSSR count). The minimum atomic E-state index is -0.120. The fourth-order valence-electron chi connectivity index (χ4n) is 4.15. The quantitative estimate of drug-likeness (QED) is 0.517. The van der Waals surface area contributed by atoms with E-state index in [1.54, 1.807) is 27.4 Å².